The lowest BCUT2D eigenvalue weighted by Crippen LogP contribution is -2.10. The van der Waals surface area contributed by atoms with Gasteiger partial charge in [0.05, 0.1) is 0 Å². The molecule has 0 heteroatoms. The second-order valence-corrected chi connectivity index (χ2v) is 7.16. The average Bonchev–Trinajstić information content (AvgIpc) is 2.57. The maximum Gasteiger partial charge on any atom is 0.0345 e. The Hall–Kier alpha value is -2.34. The molecule has 0 fully saturated rings. The van der Waals surface area contributed by atoms with Gasteiger partial charge in [0.1, 0.15) is 0 Å². The molecule has 0 aliphatic rings. The van der Waals surface area contributed by atoms with E-state index < -0.39 is 0 Å². The maximum absolute atomic E-state index is 3.47. The van der Waals surface area contributed by atoms with Gasteiger partial charge in [0.2, 0.25) is 0 Å². The van der Waals surface area contributed by atoms with E-state index in [2.05, 4.69) is 96.1 Å². The summed E-state index contributed by atoms with van der Waals surface area (Å²) in [5.74, 6) is 0.236. The highest BCUT2D eigenvalue weighted by molar-refractivity contribution is 5.53. The van der Waals surface area contributed by atoms with E-state index in [0.717, 1.165) is 0 Å². The Kier molecular flexibility index (Phi) is 4.81. The summed E-state index contributed by atoms with van der Waals surface area (Å²) in [6.07, 6.45) is 0. The van der Waals surface area contributed by atoms with Crippen molar-refractivity contribution in [2.75, 3.05) is 0 Å². The number of rotatable bonds is 3. The summed E-state index contributed by atoms with van der Waals surface area (Å²) < 4.78 is 0. The molecule has 3 aromatic rings. The van der Waals surface area contributed by atoms with E-state index in [1.807, 2.05) is 0 Å². The van der Waals surface area contributed by atoms with Crippen LogP contribution in [0.4, 0.5) is 0 Å². The van der Waals surface area contributed by atoms with Crippen molar-refractivity contribution in [3.8, 4) is 0 Å². The zero-order valence-electron chi connectivity index (χ0n) is 16.1. The van der Waals surface area contributed by atoms with Crippen LogP contribution in [-0.4, -0.2) is 0 Å². The van der Waals surface area contributed by atoms with E-state index in [9.17, 15) is 0 Å². The van der Waals surface area contributed by atoms with Crippen LogP contribution in [-0.2, 0) is 0 Å². The third-order valence-electron chi connectivity index (χ3n) is 5.26. The van der Waals surface area contributed by atoms with Crippen LogP contribution in [0.5, 0.6) is 0 Å². The molecule has 0 bridgehead atoms. The van der Waals surface area contributed by atoms with Crippen LogP contribution < -0.4 is 0 Å². The molecule has 0 spiro atoms. The molecule has 2 radical (unpaired) electrons. The molecule has 3 aromatic carbocycles. The van der Waals surface area contributed by atoms with Crippen molar-refractivity contribution in [1.29, 1.82) is 0 Å². The van der Waals surface area contributed by atoms with Crippen molar-refractivity contribution in [3.05, 3.63) is 105 Å². The highest BCUT2D eigenvalue weighted by Gasteiger charge is 2.22. The van der Waals surface area contributed by atoms with Crippen molar-refractivity contribution in [2.45, 2.75) is 47.5 Å². The molecule has 0 amide bonds. The predicted molar refractivity (Wildman–Crippen MR) is 106 cm³/mol. The molecular formula is C25H26. The smallest absolute Gasteiger partial charge is 0.0345 e. The zero-order chi connectivity index (χ0) is 18.1. The quantitative estimate of drug-likeness (QED) is 0.494. The minimum atomic E-state index is 0.236. The van der Waals surface area contributed by atoms with Crippen LogP contribution in [0.1, 0.15) is 56.0 Å². The fraction of sp³-hybridized carbons (Fsp3) is 0.280. The molecule has 0 saturated heterocycles. The minimum absolute atomic E-state index is 0.236. The molecule has 0 aliphatic heterocycles. The summed E-state index contributed by atoms with van der Waals surface area (Å²) in [5, 5.41) is 0. The molecule has 126 valence electrons. The van der Waals surface area contributed by atoms with Gasteiger partial charge in [-0.25, -0.2) is 0 Å². The SMILES string of the molecule is Cc1[c]c(C)c(C)c(C(c2ccccc2)c2cc(C)[c]c(C)c2C)c1. The number of hydrogen-bond acceptors (Lipinski definition) is 0. The standard InChI is InChI=1S/C25H26/c1-16-12-18(3)20(5)23(14-16)25(22-10-8-7-9-11-22)24-15-17(2)13-19(4)21(24)6/h7-11,14-15,25H,1-6H3. The lowest BCUT2D eigenvalue weighted by atomic mass is 9.78. The van der Waals surface area contributed by atoms with Crippen LogP contribution in [0.15, 0.2) is 42.5 Å². The molecule has 25 heavy (non-hydrogen) atoms. The fourth-order valence-electron chi connectivity index (χ4n) is 3.74. The van der Waals surface area contributed by atoms with E-state index in [1.165, 1.54) is 50.1 Å². The maximum atomic E-state index is 3.47. The van der Waals surface area contributed by atoms with Crippen molar-refractivity contribution in [1.82, 2.24) is 0 Å². The summed E-state index contributed by atoms with van der Waals surface area (Å²) in [6, 6.07) is 22.4. The molecule has 0 atom stereocenters. The Balaban J connectivity index is 2.34. The van der Waals surface area contributed by atoms with Crippen molar-refractivity contribution in [3.63, 3.8) is 0 Å². The molecule has 3 rings (SSSR count). The van der Waals surface area contributed by atoms with Crippen molar-refractivity contribution >= 4 is 0 Å². The summed E-state index contributed by atoms with van der Waals surface area (Å²) in [6.45, 7) is 13.0. The highest BCUT2D eigenvalue weighted by Crippen LogP contribution is 2.37. The lowest BCUT2D eigenvalue weighted by molar-refractivity contribution is 0.933. The van der Waals surface area contributed by atoms with E-state index in [1.54, 1.807) is 0 Å². The summed E-state index contributed by atoms with van der Waals surface area (Å²) in [4.78, 5) is 0. The Labute approximate surface area is 152 Å². The fourth-order valence-corrected chi connectivity index (χ4v) is 3.74. The molecule has 0 N–H and O–H groups in total. The topological polar surface area (TPSA) is 0 Å². The summed E-state index contributed by atoms with van der Waals surface area (Å²) in [7, 11) is 0. The third-order valence-corrected chi connectivity index (χ3v) is 5.26. The van der Waals surface area contributed by atoms with Crippen molar-refractivity contribution in [2.24, 2.45) is 0 Å². The van der Waals surface area contributed by atoms with Gasteiger partial charge in [0.25, 0.3) is 0 Å². The van der Waals surface area contributed by atoms with E-state index >= 15 is 0 Å². The lowest BCUT2D eigenvalue weighted by Gasteiger charge is -2.25. The van der Waals surface area contributed by atoms with E-state index in [-0.39, 0.29) is 5.92 Å². The monoisotopic (exact) mass is 326 g/mol. The van der Waals surface area contributed by atoms with Crippen LogP contribution in [0.3, 0.4) is 0 Å². The number of aryl methyl sites for hydroxylation is 4. The van der Waals surface area contributed by atoms with Gasteiger partial charge in [-0.15, -0.1) is 0 Å². The van der Waals surface area contributed by atoms with Gasteiger partial charge in [-0.1, -0.05) is 42.5 Å². The average molecular weight is 326 g/mol. The Morgan fingerprint density at radius 2 is 1.08 bits per heavy atom. The van der Waals surface area contributed by atoms with Crippen LogP contribution in [0.25, 0.3) is 0 Å². The first-order valence-electron chi connectivity index (χ1n) is 8.93. The largest absolute Gasteiger partial charge is 0.0622 e. The Morgan fingerprint density at radius 3 is 1.52 bits per heavy atom. The molecule has 0 aliphatic carbocycles. The molecule has 0 heterocycles. The Morgan fingerprint density at radius 1 is 0.640 bits per heavy atom. The van der Waals surface area contributed by atoms with Gasteiger partial charge in [0.15, 0.2) is 0 Å². The van der Waals surface area contributed by atoms with Gasteiger partial charge in [-0.05, 0) is 104 Å². The third kappa shape index (κ3) is 3.39. The van der Waals surface area contributed by atoms with E-state index in [4.69, 9.17) is 0 Å². The summed E-state index contributed by atoms with van der Waals surface area (Å²) >= 11 is 0. The van der Waals surface area contributed by atoms with Gasteiger partial charge in [-0.3, -0.25) is 0 Å². The second-order valence-electron chi connectivity index (χ2n) is 7.16. The predicted octanol–water partition coefficient (Wildman–Crippen LogP) is 6.32. The molecule has 0 nitrogen and oxygen atoms in total. The van der Waals surface area contributed by atoms with Crippen LogP contribution in [0.2, 0.25) is 0 Å². The van der Waals surface area contributed by atoms with Crippen LogP contribution >= 0.6 is 0 Å². The van der Waals surface area contributed by atoms with Gasteiger partial charge in [0, 0.05) is 5.92 Å². The molecule has 0 aromatic heterocycles. The van der Waals surface area contributed by atoms with E-state index in [0.29, 0.717) is 0 Å². The highest BCUT2D eigenvalue weighted by atomic mass is 14.3. The molecule has 0 saturated carbocycles. The first-order valence-corrected chi connectivity index (χ1v) is 8.93. The Bertz CT molecular complexity index is 844. The van der Waals surface area contributed by atoms with Crippen molar-refractivity contribution < 1.29 is 0 Å². The van der Waals surface area contributed by atoms with Gasteiger partial charge in [-0.2, -0.15) is 0 Å². The number of hydrogen-bond donors (Lipinski definition) is 0. The summed E-state index contributed by atoms with van der Waals surface area (Å²) in [5.41, 5.74) is 11.7. The first-order chi connectivity index (χ1) is 11.9. The first kappa shape index (κ1) is 17.5. The van der Waals surface area contributed by atoms with Gasteiger partial charge >= 0.3 is 0 Å². The molecule has 0 unspecified atom stereocenters. The zero-order valence-corrected chi connectivity index (χ0v) is 16.1. The normalized spacial score (nSPS) is 11.2. The van der Waals surface area contributed by atoms with Gasteiger partial charge < -0.3 is 0 Å². The number of benzene rings is 3. The second kappa shape index (κ2) is 6.88. The minimum Gasteiger partial charge on any atom is -0.0622 e. The van der Waals surface area contributed by atoms with Crippen LogP contribution in [0, 0.1) is 53.7 Å². The molecular weight excluding hydrogens is 300 g/mol.